The highest BCUT2D eigenvalue weighted by atomic mass is 16.5. The van der Waals surface area contributed by atoms with Gasteiger partial charge in [-0.1, -0.05) is 24.3 Å². The molecule has 1 aromatic heterocycles. The van der Waals surface area contributed by atoms with E-state index in [1.165, 1.54) is 6.21 Å². The molecule has 3 rings (SSSR count). The van der Waals surface area contributed by atoms with Gasteiger partial charge in [0, 0.05) is 22.7 Å². The van der Waals surface area contributed by atoms with Gasteiger partial charge in [-0.05, 0) is 25.1 Å². The van der Waals surface area contributed by atoms with Crippen molar-refractivity contribution in [1.82, 2.24) is 10.4 Å². The van der Waals surface area contributed by atoms with Crippen LogP contribution in [-0.4, -0.2) is 28.8 Å². The van der Waals surface area contributed by atoms with Crippen molar-refractivity contribution < 1.29 is 14.6 Å². The highest BCUT2D eigenvalue weighted by molar-refractivity contribution is 6.06. The fourth-order valence-electron chi connectivity index (χ4n) is 2.40. The number of hydrogen-bond donors (Lipinski definition) is 3. The SMILES string of the molecule is CCOc1cccc(C=NNC(=O)c2c[nH]c3ccccc23)c1O. The molecule has 0 bridgehead atoms. The van der Waals surface area contributed by atoms with Crippen molar-refractivity contribution in [2.24, 2.45) is 5.10 Å². The number of hydrogen-bond acceptors (Lipinski definition) is 4. The standard InChI is InChI=1S/C18H17N3O3/c1-2-24-16-9-5-6-12(17(16)22)10-20-21-18(23)14-11-19-15-8-4-3-7-13(14)15/h3-11,19,22H,2H2,1H3,(H,21,23). The van der Waals surface area contributed by atoms with Gasteiger partial charge in [0.15, 0.2) is 11.5 Å². The molecule has 2 aromatic carbocycles. The third-order valence-electron chi connectivity index (χ3n) is 3.53. The molecule has 6 nitrogen and oxygen atoms in total. The van der Waals surface area contributed by atoms with Crippen LogP contribution in [-0.2, 0) is 0 Å². The molecular formula is C18H17N3O3. The number of carbonyl (C=O) groups is 1. The first-order chi connectivity index (χ1) is 11.7. The number of aromatic amines is 1. The van der Waals surface area contributed by atoms with Crippen molar-refractivity contribution >= 4 is 23.0 Å². The molecule has 0 radical (unpaired) electrons. The predicted octanol–water partition coefficient (Wildman–Crippen LogP) is 3.04. The summed E-state index contributed by atoms with van der Waals surface area (Å²) in [7, 11) is 0. The van der Waals surface area contributed by atoms with Gasteiger partial charge < -0.3 is 14.8 Å². The lowest BCUT2D eigenvalue weighted by Gasteiger charge is -2.07. The largest absolute Gasteiger partial charge is 0.504 e. The first-order valence-electron chi connectivity index (χ1n) is 7.55. The maximum absolute atomic E-state index is 12.2. The van der Waals surface area contributed by atoms with E-state index in [1.54, 1.807) is 24.4 Å². The number of nitrogens with one attached hydrogen (secondary N) is 2. The third-order valence-corrected chi connectivity index (χ3v) is 3.53. The van der Waals surface area contributed by atoms with Crippen LogP contribution in [0, 0.1) is 0 Å². The Kier molecular flexibility index (Phi) is 4.47. The minimum Gasteiger partial charge on any atom is -0.504 e. The molecule has 0 aliphatic carbocycles. The van der Waals surface area contributed by atoms with Gasteiger partial charge in [-0.25, -0.2) is 5.43 Å². The molecule has 0 saturated carbocycles. The van der Waals surface area contributed by atoms with Gasteiger partial charge >= 0.3 is 0 Å². The molecule has 1 amide bonds. The zero-order chi connectivity index (χ0) is 16.9. The Morgan fingerprint density at radius 3 is 2.96 bits per heavy atom. The number of H-pyrrole nitrogens is 1. The van der Waals surface area contributed by atoms with Crippen LogP contribution in [0.3, 0.4) is 0 Å². The Labute approximate surface area is 138 Å². The molecule has 1 heterocycles. The van der Waals surface area contributed by atoms with Gasteiger partial charge in [0.25, 0.3) is 5.91 Å². The van der Waals surface area contributed by atoms with E-state index in [1.807, 2.05) is 31.2 Å². The predicted molar refractivity (Wildman–Crippen MR) is 92.6 cm³/mol. The summed E-state index contributed by atoms with van der Waals surface area (Å²) in [6, 6.07) is 12.6. The van der Waals surface area contributed by atoms with Crippen LogP contribution in [0.15, 0.2) is 53.8 Å². The lowest BCUT2D eigenvalue weighted by molar-refractivity contribution is 0.0957. The maximum Gasteiger partial charge on any atom is 0.273 e. The zero-order valence-corrected chi connectivity index (χ0v) is 13.1. The minimum absolute atomic E-state index is 0.00977. The second-order valence-corrected chi connectivity index (χ2v) is 5.07. The Balaban J connectivity index is 1.75. The molecule has 0 fully saturated rings. The van der Waals surface area contributed by atoms with Crippen molar-refractivity contribution in [2.75, 3.05) is 6.61 Å². The smallest absolute Gasteiger partial charge is 0.273 e. The Morgan fingerprint density at radius 1 is 1.29 bits per heavy atom. The highest BCUT2D eigenvalue weighted by Crippen LogP contribution is 2.28. The Hall–Kier alpha value is -3.28. The molecule has 0 aliphatic rings. The van der Waals surface area contributed by atoms with Gasteiger partial charge in [0.1, 0.15) is 0 Å². The van der Waals surface area contributed by atoms with Crippen molar-refractivity contribution in [3.8, 4) is 11.5 Å². The van der Waals surface area contributed by atoms with E-state index in [0.29, 0.717) is 23.5 Å². The summed E-state index contributed by atoms with van der Waals surface area (Å²) in [5, 5.41) is 14.8. The highest BCUT2D eigenvalue weighted by Gasteiger charge is 2.11. The monoisotopic (exact) mass is 323 g/mol. The number of amides is 1. The van der Waals surface area contributed by atoms with E-state index in [2.05, 4.69) is 15.5 Å². The number of fused-ring (bicyclic) bond motifs is 1. The number of nitrogens with zero attached hydrogens (tertiary/aromatic N) is 1. The van der Waals surface area contributed by atoms with Crippen molar-refractivity contribution in [1.29, 1.82) is 0 Å². The zero-order valence-electron chi connectivity index (χ0n) is 13.1. The third kappa shape index (κ3) is 3.08. The number of aromatic nitrogens is 1. The number of benzene rings is 2. The molecule has 3 aromatic rings. The van der Waals surface area contributed by atoms with E-state index in [0.717, 1.165) is 10.9 Å². The lowest BCUT2D eigenvalue weighted by atomic mass is 10.2. The van der Waals surface area contributed by atoms with Crippen LogP contribution in [0.25, 0.3) is 10.9 Å². The van der Waals surface area contributed by atoms with Gasteiger partial charge in [0.2, 0.25) is 0 Å². The number of carbonyl (C=O) groups excluding carboxylic acids is 1. The fraction of sp³-hybridized carbons (Fsp3) is 0.111. The van der Waals surface area contributed by atoms with Crippen LogP contribution in [0.4, 0.5) is 0 Å². The van der Waals surface area contributed by atoms with Gasteiger partial charge in [-0.15, -0.1) is 0 Å². The molecule has 3 N–H and O–H groups in total. The Morgan fingerprint density at radius 2 is 2.12 bits per heavy atom. The topological polar surface area (TPSA) is 86.7 Å². The number of para-hydroxylation sites is 2. The average molecular weight is 323 g/mol. The summed E-state index contributed by atoms with van der Waals surface area (Å²) < 4.78 is 5.31. The second kappa shape index (κ2) is 6.87. The number of hydrazone groups is 1. The van der Waals surface area contributed by atoms with Gasteiger partial charge in [-0.2, -0.15) is 5.10 Å². The number of rotatable bonds is 5. The van der Waals surface area contributed by atoms with Crippen LogP contribution < -0.4 is 10.2 Å². The number of phenolic OH excluding ortho intramolecular Hbond substituents is 1. The summed E-state index contributed by atoms with van der Waals surface area (Å²) >= 11 is 0. The van der Waals surface area contributed by atoms with E-state index in [9.17, 15) is 9.90 Å². The average Bonchev–Trinajstić information content (AvgIpc) is 3.02. The lowest BCUT2D eigenvalue weighted by Crippen LogP contribution is -2.17. The first kappa shape index (κ1) is 15.6. The second-order valence-electron chi connectivity index (χ2n) is 5.07. The molecular weight excluding hydrogens is 306 g/mol. The maximum atomic E-state index is 12.2. The summed E-state index contributed by atoms with van der Waals surface area (Å²) in [4.78, 5) is 15.3. The van der Waals surface area contributed by atoms with Crippen molar-refractivity contribution in [2.45, 2.75) is 6.92 Å². The summed E-state index contributed by atoms with van der Waals surface area (Å²) in [5.74, 6) is 0.0398. The normalized spacial score (nSPS) is 11.0. The quantitative estimate of drug-likeness (QED) is 0.498. The Bertz CT molecular complexity index is 899. The summed E-state index contributed by atoms with van der Waals surface area (Å²) in [5.41, 5.74) is 4.31. The van der Waals surface area contributed by atoms with E-state index in [4.69, 9.17) is 4.74 Å². The van der Waals surface area contributed by atoms with Crippen LogP contribution >= 0.6 is 0 Å². The van der Waals surface area contributed by atoms with E-state index in [-0.39, 0.29) is 11.7 Å². The summed E-state index contributed by atoms with van der Waals surface area (Å²) in [6.07, 6.45) is 3.02. The molecule has 0 unspecified atom stereocenters. The molecule has 0 aliphatic heterocycles. The van der Waals surface area contributed by atoms with Gasteiger partial charge in [-0.3, -0.25) is 4.79 Å². The van der Waals surface area contributed by atoms with Crippen LogP contribution in [0.5, 0.6) is 11.5 Å². The molecule has 0 spiro atoms. The molecule has 0 atom stereocenters. The van der Waals surface area contributed by atoms with E-state index < -0.39 is 0 Å². The van der Waals surface area contributed by atoms with Gasteiger partial charge in [0.05, 0.1) is 18.4 Å². The minimum atomic E-state index is -0.329. The molecule has 0 saturated heterocycles. The molecule has 122 valence electrons. The van der Waals surface area contributed by atoms with Crippen molar-refractivity contribution in [3.05, 3.63) is 59.8 Å². The number of aromatic hydroxyl groups is 1. The molecule has 24 heavy (non-hydrogen) atoms. The first-order valence-corrected chi connectivity index (χ1v) is 7.55. The van der Waals surface area contributed by atoms with E-state index >= 15 is 0 Å². The molecule has 6 heteroatoms. The van der Waals surface area contributed by atoms with Crippen LogP contribution in [0.2, 0.25) is 0 Å². The number of phenols is 1. The fourth-order valence-corrected chi connectivity index (χ4v) is 2.40. The summed E-state index contributed by atoms with van der Waals surface area (Å²) in [6.45, 7) is 2.28. The van der Waals surface area contributed by atoms with Crippen molar-refractivity contribution in [3.63, 3.8) is 0 Å². The number of ether oxygens (including phenoxy) is 1. The van der Waals surface area contributed by atoms with Crippen LogP contribution in [0.1, 0.15) is 22.8 Å².